The lowest BCUT2D eigenvalue weighted by atomic mass is 9.97. The number of hydrogen-bond acceptors (Lipinski definition) is 3. The minimum Gasteiger partial charge on any atom is -0.351 e. The first kappa shape index (κ1) is 13.0. The highest BCUT2D eigenvalue weighted by molar-refractivity contribution is 5.94. The molecule has 1 saturated carbocycles. The van der Waals surface area contributed by atoms with Crippen LogP contribution in [0, 0.1) is 5.92 Å². The van der Waals surface area contributed by atoms with Crippen LogP contribution in [0.15, 0.2) is 0 Å². The molecular formula is C11H21N3O2. The predicted octanol–water partition coefficient (Wildman–Crippen LogP) is 0.740. The molecule has 0 aromatic heterocycles. The molecule has 1 aliphatic rings. The Labute approximate surface area is 96.1 Å². The van der Waals surface area contributed by atoms with Crippen LogP contribution >= 0.6 is 0 Å². The first-order chi connectivity index (χ1) is 7.59. The molecule has 0 saturated heterocycles. The third-order valence-corrected chi connectivity index (χ3v) is 3.15. The number of primary amides is 1. The van der Waals surface area contributed by atoms with Crippen LogP contribution in [0.3, 0.4) is 0 Å². The number of amides is 3. The number of rotatable bonds is 3. The molecule has 0 aromatic carbocycles. The molecule has 2 unspecified atom stereocenters. The van der Waals surface area contributed by atoms with E-state index >= 15 is 0 Å². The molecular weight excluding hydrogens is 206 g/mol. The van der Waals surface area contributed by atoms with Crippen molar-refractivity contribution in [3.8, 4) is 0 Å². The van der Waals surface area contributed by atoms with Gasteiger partial charge >= 0.3 is 6.03 Å². The van der Waals surface area contributed by atoms with Crippen molar-refractivity contribution in [2.75, 3.05) is 6.54 Å². The lowest BCUT2D eigenvalue weighted by Crippen LogP contribution is -2.44. The fraction of sp³-hybridized carbons (Fsp3) is 0.818. The molecule has 5 heteroatoms. The predicted molar refractivity (Wildman–Crippen MR) is 61.8 cm³/mol. The summed E-state index contributed by atoms with van der Waals surface area (Å²) < 4.78 is 0. The average molecular weight is 227 g/mol. The average Bonchev–Trinajstić information content (AvgIpc) is 2.39. The SMILES string of the molecule is CC1CCCCCC1NCC(=O)NC(N)=O. The lowest BCUT2D eigenvalue weighted by molar-refractivity contribution is -0.119. The van der Waals surface area contributed by atoms with Crippen LogP contribution in [0.25, 0.3) is 0 Å². The minimum absolute atomic E-state index is 0.165. The summed E-state index contributed by atoms with van der Waals surface area (Å²) in [5.41, 5.74) is 4.86. The van der Waals surface area contributed by atoms with Crippen molar-refractivity contribution in [2.24, 2.45) is 11.7 Å². The third kappa shape index (κ3) is 4.61. The summed E-state index contributed by atoms with van der Waals surface area (Å²) in [6, 6.07) is -0.415. The fourth-order valence-electron chi connectivity index (χ4n) is 2.20. The zero-order chi connectivity index (χ0) is 12.0. The van der Waals surface area contributed by atoms with Gasteiger partial charge in [0, 0.05) is 6.04 Å². The summed E-state index contributed by atoms with van der Waals surface area (Å²) in [5.74, 6) is 0.229. The second-order valence-electron chi connectivity index (χ2n) is 4.52. The Morgan fingerprint density at radius 1 is 1.25 bits per heavy atom. The molecule has 0 radical (unpaired) electrons. The van der Waals surface area contributed by atoms with E-state index in [2.05, 4.69) is 17.6 Å². The Morgan fingerprint density at radius 3 is 2.62 bits per heavy atom. The standard InChI is InChI=1S/C11H21N3O2/c1-8-5-3-2-4-6-9(8)13-7-10(15)14-11(12)16/h8-9,13H,2-7H2,1H3,(H3,12,14,15,16). The molecule has 1 rings (SSSR count). The molecule has 2 atom stereocenters. The smallest absolute Gasteiger partial charge is 0.318 e. The van der Waals surface area contributed by atoms with Crippen molar-refractivity contribution in [2.45, 2.75) is 45.1 Å². The Hall–Kier alpha value is -1.10. The molecule has 16 heavy (non-hydrogen) atoms. The second kappa shape index (κ2) is 6.48. The number of hydrogen-bond donors (Lipinski definition) is 3. The topological polar surface area (TPSA) is 84.2 Å². The minimum atomic E-state index is -0.791. The van der Waals surface area contributed by atoms with Crippen LogP contribution in [0.4, 0.5) is 4.79 Å². The van der Waals surface area contributed by atoms with Crippen LogP contribution in [-0.4, -0.2) is 24.5 Å². The molecule has 5 nitrogen and oxygen atoms in total. The second-order valence-corrected chi connectivity index (χ2v) is 4.52. The van der Waals surface area contributed by atoms with E-state index in [9.17, 15) is 9.59 Å². The maximum Gasteiger partial charge on any atom is 0.318 e. The van der Waals surface area contributed by atoms with E-state index in [4.69, 9.17) is 5.73 Å². The van der Waals surface area contributed by atoms with E-state index < -0.39 is 6.03 Å². The van der Waals surface area contributed by atoms with Gasteiger partial charge in [-0.15, -0.1) is 0 Å². The van der Waals surface area contributed by atoms with Gasteiger partial charge in [0.05, 0.1) is 6.54 Å². The van der Waals surface area contributed by atoms with E-state index in [1.807, 2.05) is 0 Å². The molecule has 1 fully saturated rings. The summed E-state index contributed by atoms with van der Waals surface area (Å²) in [7, 11) is 0. The quantitative estimate of drug-likeness (QED) is 0.622. The summed E-state index contributed by atoms with van der Waals surface area (Å²) in [6.45, 7) is 2.37. The maximum absolute atomic E-state index is 11.2. The van der Waals surface area contributed by atoms with Gasteiger partial charge in [-0.2, -0.15) is 0 Å². The van der Waals surface area contributed by atoms with Gasteiger partial charge in [0.25, 0.3) is 0 Å². The largest absolute Gasteiger partial charge is 0.351 e. The molecule has 0 spiro atoms. The van der Waals surface area contributed by atoms with E-state index in [1.165, 1.54) is 25.7 Å². The van der Waals surface area contributed by atoms with Gasteiger partial charge in [0.15, 0.2) is 0 Å². The molecule has 1 aliphatic carbocycles. The fourth-order valence-corrected chi connectivity index (χ4v) is 2.20. The first-order valence-electron chi connectivity index (χ1n) is 5.92. The zero-order valence-electron chi connectivity index (χ0n) is 9.79. The van der Waals surface area contributed by atoms with Crippen molar-refractivity contribution < 1.29 is 9.59 Å². The van der Waals surface area contributed by atoms with E-state index in [-0.39, 0.29) is 12.5 Å². The van der Waals surface area contributed by atoms with Crippen LogP contribution < -0.4 is 16.4 Å². The molecule has 0 heterocycles. The maximum atomic E-state index is 11.2. The van der Waals surface area contributed by atoms with Crippen molar-refractivity contribution in [1.29, 1.82) is 0 Å². The van der Waals surface area contributed by atoms with Gasteiger partial charge in [-0.3, -0.25) is 10.1 Å². The number of carbonyl (C=O) groups is 2. The monoisotopic (exact) mass is 227 g/mol. The van der Waals surface area contributed by atoms with Crippen molar-refractivity contribution in [1.82, 2.24) is 10.6 Å². The van der Waals surface area contributed by atoms with Crippen molar-refractivity contribution in [3.63, 3.8) is 0 Å². The third-order valence-electron chi connectivity index (χ3n) is 3.15. The first-order valence-corrected chi connectivity index (χ1v) is 5.92. The van der Waals surface area contributed by atoms with Crippen LogP contribution in [0.1, 0.15) is 39.0 Å². The van der Waals surface area contributed by atoms with Gasteiger partial charge in [0.1, 0.15) is 0 Å². The highest BCUT2D eigenvalue weighted by Gasteiger charge is 2.20. The zero-order valence-corrected chi connectivity index (χ0v) is 9.79. The molecule has 4 N–H and O–H groups in total. The van der Waals surface area contributed by atoms with Crippen LogP contribution in [0.5, 0.6) is 0 Å². The van der Waals surface area contributed by atoms with Gasteiger partial charge in [0.2, 0.25) is 5.91 Å². The van der Waals surface area contributed by atoms with Gasteiger partial charge < -0.3 is 11.1 Å². The number of urea groups is 1. The number of nitrogens with two attached hydrogens (primary N) is 1. The molecule has 0 aromatic rings. The van der Waals surface area contributed by atoms with E-state index in [0.29, 0.717) is 12.0 Å². The van der Waals surface area contributed by atoms with Crippen molar-refractivity contribution in [3.05, 3.63) is 0 Å². The number of nitrogens with one attached hydrogen (secondary N) is 2. The summed E-state index contributed by atoms with van der Waals surface area (Å²) in [5, 5.41) is 5.25. The molecule has 0 aliphatic heterocycles. The summed E-state index contributed by atoms with van der Waals surface area (Å²) in [4.78, 5) is 21.7. The van der Waals surface area contributed by atoms with Gasteiger partial charge in [-0.1, -0.05) is 26.2 Å². The van der Waals surface area contributed by atoms with E-state index in [0.717, 1.165) is 6.42 Å². The highest BCUT2D eigenvalue weighted by atomic mass is 16.2. The van der Waals surface area contributed by atoms with Crippen LogP contribution in [-0.2, 0) is 4.79 Å². The summed E-state index contributed by atoms with van der Waals surface area (Å²) >= 11 is 0. The Morgan fingerprint density at radius 2 is 1.94 bits per heavy atom. The normalized spacial score (nSPS) is 25.8. The van der Waals surface area contributed by atoms with Gasteiger partial charge in [-0.05, 0) is 18.8 Å². The van der Waals surface area contributed by atoms with E-state index in [1.54, 1.807) is 0 Å². The molecule has 0 bridgehead atoms. The number of carbonyl (C=O) groups excluding carboxylic acids is 2. The van der Waals surface area contributed by atoms with Gasteiger partial charge in [-0.25, -0.2) is 4.79 Å². The Kier molecular flexibility index (Phi) is 5.25. The summed E-state index contributed by atoms with van der Waals surface area (Å²) in [6.07, 6.45) is 6.06. The number of imide groups is 1. The molecule has 3 amide bonds. The highest BCUT2D eigenvalue weighted by Crippen LogP contribution is 2.22. The Balaban J connectivity index is 2.29. The lowest BCUT2D eigenvalue weighted by Gasteiger charge is -2.22. The van der Waals surface area contributed by atoms with Crippen LogP contribution in [0.2, 0.25) is 0 Å². The van der Waals surface area contributed by atoms with Crippen molar-refractivity contribution >= 4 is 11.9 Å². The Bertz CT molecular complexity index is 256. The molecule has 92 valence electrons.